The number of para-hydroxylation sites is 1. The van der Waals surface area contributed by atoms with Gasteiger partial charge in [0.05, 0.1) is 18.2 Å². The average molecular weight is 1090 g/mol. The molecule has 81 heavy (non-hydrogen) atoms. The van der Waals surface area contributed by atoms with Crippen molar-refractivity contribution in [3.05, 3.63) is 178 Å². The molecule has 1 aromatic heterocycles. The number of rotatable bonds is 5. The van der Waals surface area contributed by atoms with Crippen LogP contribution in [0.25, 0.3) is 10.1 Å². The molecule has 7 aromatic carbocycles. The highest BCUT2D eigenvalue weighted by Crippen LogP contribution is 2.56. The van der Waals surface area contributed by atoms with Crippen LogP contribution in [0.5, 0.6) is 0 Å². The fourth-order valence-electron chi connectivity index (χ4n) is 13.9. The first kappa shape index (κ1) is 49.6. The molecule has 5 heteroatoms. The van der Waals surface area contributed by atoms with Crippen molar-refractivity contribution >= 4 is 95.0 Å². The standard InChI is InChI=1S/C76H90BN3S/c1-69(2,3)47-26-29-52(30-27-47)78(51-24-22-21-23-25-51)55-43-63-66-64(44-55)80(53-31-32-57-58(42-53)74(15,16)35-34-73(57,13)14)67-56-45-59-60(76(19,20)37-36-75(59,17)18)46-65(56)81-68(67)77(66)61-41-48(70(4,5)6)28-33-62(61)79(63)54-39-49(71(7,8)9)38-50(40-54)72(10,11)12/h21-33,38-46H,34-37H2,1-20H3/i21D,22D,23D,24D,25D. The minimum atomic E-state index is -0.420. The van der Waals surface area contributed by atoms with Gasteiger partial charge in [-0.25, -0.2) is 0 Å². The van der Waals surface area contributed by atoms with Gasteiger partial charge in [0, 0.05) is 54.7 Å². The van der Waals surface area contributed by atoms with E-state index in [0.717, 1.165) is 59.7 Å². The lowest BCUT2D eigenvalue weighted by Gasteiger charge is -2.46. The first-order valence-corrected chi connectivity index (χ1v) is 30.9. The Morgan fingerprint density at radius 1 is 0.444 bits per heavy atom. The van der Waals surface area contributed by atoms with Crippen LogP contribution in [0.2, 0.25) is 0 Å². The Labute approximate surface area is 499 Å². The van der Waals surface area contributed by atoms with Crippen molar-refractivity contribution in [1.82, 2.24) is 0 Å². The predicted molar refractivity (Wildman–Crippen MR) is 356 cm³/mol. The number of thiophene rings is 1. The van der Waals surface area contributed by atoms with Crippen LogP contribution in [-0.4, -0.2) is 6.71 Å². The van der Waals surface area contributed by atoms with Gasteiger partial charge in [-0.1, -0.05) is 193 Å². The second-order valence-corrected chi connectivity index (χ2v) is 32.5. The second kappa shape index (κ2) is 18.2. The molecule has 0 spiro atoms. The zero-order valence-electron chi connectivity index (χ0n) is 57.5. The molecule has 12 rings (SSSR count). The molecule has 4 aliphatic rings. The third kappa shape index (κ3) is 9.21. The van der Waals surface area contributed by atoms with Gasteiger partial charge in [-0.2, -0.15) is 0 Å². The molecule has 0 unspecified atom stereocenters. The Kier molecular flexibility index (Phi) is 11.2. The minimum absolute atomic E-state index is 0.00384. The summed E-state index contributed by atoms with van der Waals surface area (Å²) >= 11 is 1.96. The molecule has 2 aliphatic carbocycles. The first-order valence-electron chi connectivity index (χ1n) is 32.5. The SMILES string of the molecule is [2H]c1c([2H])c([2H])c(N(c2ccc(C(C)(C)C)cc2)c2cc3c4c(c2)N(c2ccc5c(c2)C(C)(C)CCC5(C)C)c2c(sc5cc6c(cc25)C(C)(C)CCC6(C)C)B4c2cc(C(C)(C)C)ccc2N3c2cc(C(C)(C)C)cc(C(C)(C)C)c2)c([2H])c1[2H]. The van der Waals surface area contributed by atoms with E-state index < -0.39 is 6.04 Å². The van der Waals surface area contributed by atoms with Crippen molar-refractivity contribution in [2.24, 2.45) is 0 Å². The van der Waals surface area contributed by atoms with Gasteiger partial charge in [0.2, 0.25) is 0 Å². The van der Waals surface area contributed by atoms with Crippen LogP contribution in [0, 0.1) is 0 Å². The summed E-state index contributed by atoms with van der Waals surface area (Å²) in [5, 5.41) is 1.24. The highest BCUT2D eigenvalue weighted by atomic mass is 32.1. The normalized spacial score (nSPS) is 18.6. The lowest BCUT2D eigenvalue weighted by molar-refractivity contribution is 0.332. The van der Waals surface area contributed by atoms with E-state index in [-0.39, 0.29) is 79.9 Å². The fraction of sp³-hybridized carbons (Fsp3) is 0.421. The van der Waals surface area contributed by atoms with Gasteiger partial charge in [-0.05, 0) is 203 Å². The molecule has 0 saturated carbocycles. The van der Waals surface area contributed by atoms with E-state index in [1.54, 1.807) is 0 Å². The van der Waals surface area contributed by atoms with Gasteiger partial charge in [0.1, 0.15) is 0 Å². The maximum atomic E-state index is 9.84. The van der Waals surface area contributed by atoms with Crippen LogP contribution in [0.3, 0.4) is 0 Å². The third-order valence-corrected chi connectivity index (χ3v) is 20.7. The molecule has 0 N–H and O–H groups in total. The van der Waals surface area contributed by atoms with E-state index in [2.05, 4.69) is 251 Å². The Morgan fingerprint density at radius 2 is 0.951 bits per heavy atom. The van der Waals surface area contributed by atoms with Crippen LogP contribution in [0.1, 0.15) is 216 Å². The van der Waals surface area contributed by atoms with Crippen LogP contribution in [-0.2, 0) is 43.3 Å². The van der Waals surface area contributed by atoms with Gasteiger partial charge >= 0.3 is 0 Å². The van der Waals surface area contributed by atoms with E-state index >= 15 is 0 Å². The molecule has 8 aromatic rings. The quantitative estimate of drug-likeness (QED) is 0.159. The molecule has 0 saturated heterocycles. The molecule has 3 nitrogen and oxygen atoms in total. The van der Waals surface area contributed by atoms with E-state index in [1.807, 2.05) is 16.2 Å². The zero-order chi connectivity index (χ0) is 62.5. The zero-order valence-corrected chi connectivity index (χ0v) is 53.3. The topological polar surface area (TPSA) is 9.72 Å². The summed E-state index contributed by atoms with van der Waals surface area (Å²) in [6.07, 6.45) is 4.39. The van der Waals surface area contributed by atoms with Crippen LogP contribution in [0.4, 0.5) is 51.2 Å². The molecule has 2 aliphatic heterocycles. The predicted octanol–water partition coefficient (Wildman–Crippen LogP) is 20.3. The fourth-order valence-corrected chi connectivity index (χ4v) is 15.2. The average Bonchev–Trinajstić information content (AvgIpc) is 1.27. The summed E-state index contributed by atoms with van der Waals surface area (Å²) < 4.78 is 49.7. The first-order chi connectivity index (χ1) is 39.7. The molecular formula is C76H90BN3S. The summed E-state index contributed by atoms with van der Waals surface area (Å²) in [7, 11) is 0. The molecule has 0 amide bonds. The number of hydrogen-bond donors (Lipinski definition) is 0. The van der Waals surface area contributed by atoms with E-state index in [9.17, 15) is 5.48 Å². The van der Waals surface area contributed by atoms with E-state index in [4.69, 9.17) is 1.37 Å². The highest BCUT2D eigenvalue weighted by molar-refractivity contribution is 7.33. The maximum absolute atomic E-state index is 9.84. The summed E-state index contributed by atoms with van der Waals surface area (Å²) in [6.45, 7) is 46.6. The number of benzene rings is 7. The Balaban J connectivity index is 1.30. The van der Waals surface area contributed by atoms with Crippen molar-refractivity contribution < 1.29 is 6.85 Å². The number of hydrogen-bond acceptors (Lipinski definition) is 4. The van der Waals surface area contributed by atoms with Gasteiger partial charge in [0.25, 0.3) is 6.71 Å². The van der Waals surface area contributed by atoms with Gasteiger partial charge in [0.15, 0.2) is 0 Å². The van der Waals surface area contributed by atoms with Gasteiger partial charge in [-0.15, -0.1) is 11.3 Å². The third-order valence-electron chi connectivity index (χ3n) is 19.4. The van der Waals surface area contributed by atoms with Crippen molar-refractivity contribution in [1.29, 1.82) is 0 Å². The molecule has 0 radical (unpaired) electrons. The highest BCUT2D eigenvalue weighted by Gasteiger charge is 2.48. The van der Waals surface area contributed by atoms with Gasteiger partial charge in [-0.3, -0.25) is 0 Å². The van der Waals surface area contributed by atoms with Crippen LogP contribution < -0.4 is 30.4 Å². The molecule has 0 bridgehead atoms. The summed E-state index contributed by atoms with van der Waals surface area (Å²) in [5.74, 6) is 0. The second-order valence-electron chi connectivity index (χ2n) is 31.4. The molecule has 3 heterocycles. The Morgan fingerprint density at radius 3 is 1.51 bits per heavy atom. The summed E-state index contributed by atoms with van der Waals surface area (Å²) in [5.41, 5.74) is 20.0. The maximum Gasteiger partial charge on any atom is 0.264 e. The largest absolute Gasteiger partial charge is 0.311 e. The number of anilines is 9. The molecule has 0 fully saturated rings. The lowest BCUT2D eigenvalue weighted by Crippen LogP contribution is -2.60. The monoisotopic (exact) mass is 1090 g/mol. The summed E-state index contributed by atoms with van der Waals surface area (Å²) in [6, 6.07) is 38.2. The van der Waals surface area contributed by atoms with Crippen molar-refractivity contribution in [3.8, 4) is 0 Å². The smallest absolute Gasteiger partial charge is 0.264 e. The lowest BCUT2D eigenvalue weighted by atomic mass is 9.36. The van der Waals surface area contributed by atoms with E-state index in [1.165, 1.54) is 70.4 Å². The number of nitrogens with zero attached hydrogens (tertiary/aromatic N) is 3. The van der Waals surface area contributed by atoms with Crippen LogP contribution >= 0.6 is 11.3 Å². The van der Waals surface area contributed by atoms with Crippen molar-refractivity contribution in [2.75, 3.05) is 14.7 Å². The Hall–Kier alpha value is -6.04. The minimum Gasteiger partial charge on any atom is -0.311 e. The van der Waals surface area contributed by atoms with Crippen molar-refractivity contribution in [3.63, 3.8) is 0 Å². The molecule has 0 atom stereocenters. The molecular weight excluding hydrogens is 998 g/mol. The number of fused-ring (bicyclic) bond motifs is 8. The van der Waals surface area contributed by atoms with Gasteiger partial charge < -0.3 is 14.7 Å². The van der Waals surface area contributed by atoms with Crippen molar-refractivity contribution in [2.45, 2.75) is 207 Å². The summed E-state index contributed by atoms with van der Waals surface area (Å²) in [4.78, 5) is 7.08. The van der Waals surface area contributed by atoms with E-state index in [0.29, 0.717) is 11.4 Å². The molecule has 418 valence electrons. The van der Waals surface area contributed by atoms with Crippen LogP contribution in [0.15, 0.2) is 133 Å². The Bertz CT molecular complexity index is 4080.